The minimum absolute atomic E-state index is 0.296. The highest BCUT2D eigenvalue weighted by molar-refractivity contribution is 9.11. The molecule has 1 aliphatic carbocycles. The second-order valence-corrected chi connectivity index (χ2v) is 8.91. The molecule has 0 saturated heterocycles. The van der Waals surface area contributed by atoms with Gasteiger partial charge < -0.3 is 5.11 Å². The fraction of sp³-hybridized carbons (Fsp3) is 0.636. The first-order chi connectivity index (χ1) is 8.40. The summed E-state index contributed by atoms with van der Waals surface area (Å²) in [5.41, 5.74) is 0.907. The molecule has 0 amide bonds. The van der Waals surface area contributed by atoms with Crippen LogP contribution in [0.15, 0.2) is 14.1 Å². The molecule has 0 aliphatic heterocycles. The van der Waals surface area contributed by atoms with E-state index in [0.717, 1.165) is 22.2 Å². The molecular weight excluding hydrogens is 338 g/mol. The Hall–Kier alpha value is 0.0500. The van der Waals surface area contributed by atoms with Crippen molar-refractivity contribution in [3.63, 3.8) is 0 Å². The number of hydrogen-bond acceptors (Lipinski definition) is 4. The van der Waals surface area contributed by atoms with E-state index >= 15 is 0 Å². The summed E-state index contributed by atoms with van der Waals surface area (Å²) in [6.07, 6.45) is 2.71. The van der Waals surface area contributed by atoms with Gasteiger partial charge in [-0.15, -0.1) is 11.3 Å². The lowest BCUT2D eigenvalue weighted by atomic mass is 9.93. The SMILES string of the molecule is Cc1cc(S(=O)(=O)N[C@@H]2CCCC[C@H]2O)sc1Br. The first kappa shape index (κ1) is 14.5. The Morgan fingerprint density at radius 1 is 1.44 bits per heavy atom. The van der Waals surface area contributed by atoms with Gasteiger partial charge in [-0.2, -0.15) is 0 Å². The van der Waals surface area contributed by atoms with E-state index in [4.69, 9.17) is 0 Å². The van der Waals surface area contributed by atoms with E-state index < -0.39 is 16.1 Å². The molecule has 2 rings (SSSR count). The van der Waals surface area contributed by atoms with Crippen LogP contribution in [0.2, 0.25) is 0 Å². The number of halogens is 1. The predicted octanol–water partition coefficient (Wildman–Crippen LogP) is 2.40. The fourth-order valence-corrected chi connectivity index (χ4v) is 5.62. The Morgan fingerprint density at radius 2 is 2.11 bits per heavy atom. The number of thiophene rings is 1. The van der Waals surface area contributed by atoms with Crippen molar-refractivity contribution in [2.24, 2.45) is 0 Å². The highest BCUT2D eigenvalue weighted by Crippen LogP contribution is 2.31. The summed E-state index contributed by atoms with van der Waals surface area (Å²) in [6, 6.07) is 1.29. The lowest BCUT2D eigenvalue weighted by Gasteiger charge is -2.27. The van der Waals surface area contributed by atoms with Crippen molar-refractivity contribution in [1.82, 2.24) is 4.72 Å². The molecular formula is C11H16BrNO3S2. The zero-order valence-electron chi connectivity index (χ0n) is 10.0. The summed E-state index contributed by atoms with van der Waals surface area (Å²) in [7, 11) is -3.52. The van der Waals surface area contributed by atoms with Crippen molar-refractivity contribution in [3.8, 4) is 0 Å². The maximum Gasteiger partial charge on any atom is 0.250 e. The molecule has 1 aromatic heterocycles. The van der Waals surface area contributed by atoms with Crippen LogP contribution in [0.1, 0.15) is 31.2 Å². The van der Waals surface area contributed by atoms with Crippen LogP contribution >= 0.6 is 27.3 Å². The van der Waals surface area contributed by atoms with Gasteiger partial charge in [0.25, 0.3) is 0 Å². The quantitative estimate of drug-likeness (QED) is 0.876. The Bertz CT molecular complexity index is 507. The molecule has 0 radical (unpaired) electrons. The zero-order chi connectivity index (χ0) is 13.3. The van der Waals surface area contributed by atoms with Gasteiger partial charge in [0.15, 0.2) is 0 Å². The van der Waals surface area contributed by atoms with Gasteiger partial charge in [0.2, 0.25) is 10.0 Å². The summed E-state index contributed by atoms with van der Waals surface area (Å²) in [5.74, 6) is 0. The highest BCUT2D eigenvalue weighted by atomic mass is 79.9. The van der Waals surface area contributed by atoms with Crippen molar-refractivity contribution >= 4 is 37.3 Å². The minimum atomic E-state index is -3.52. The molecule has 2 N–H and O–H groups in total. The van der Waals surface area contributed by atoms with E-state index in [2.05, 4.69) is 20.7 Å². The molecule has 1 saturated carbocycles. The van der Waals surface area contributed by atoms with Crippen LogP contribution in [-0.2, 0) is 10.0 Å². The average molecular weight is 354 g/mol. The molecule has 0 spiro atoms. The van der Waals surface area contributed by atoms with Gasteiger partial charge in [0, 0.05) is 6.04 Å². The summed E-state index contributed by atoms with van der Waals surface area (Å²) >= 11 is 4.52. The van der Waals surface area contributed by atoms with Gasteiger partial charge >= 0.3 is 0 Å². The molecule has 1 heterocycles. The Morgan fingerprint density at radius 3 is 2.67 bits per heavy atom. The zero-order valence-corrected chi connectivity index (χ0v) is 13.2. The summed E-state index contributed by atoms with van der Waals surface area (Å²) < 4.78 is 28.1. The van der Waals surface area contributed by atoms with Gasteiger partial charge in [0.1, 0.15) is 4.21 Å². The summed E-state index contributed by atoms with van der Waals surface area (Å²) in [4.78, 5) is 0. The largest absolute Gasteiger partial charge is 0.391 e. The van der Waals surface area contributed by atoms with Gasteiger partial charge in [0.05, 0.1) is 9.89 Å². The van der Waals surface area contributed by atoms with Crippen molar-refractivity contribution in [3.05, 3.63) is 15.4 Å². The van der Waals surface area contributed by atoms with E-state index in [1.165, 1.54) is 11.3 Å². The van der Waals surface area contributed by atoms with Crippen LogP contribution < -0.4 is 4.72 Å². The van der Waals surface area contributed by atoms with Gasteiger partial charge in [-0.1, -0.05) is 12.8 Å². The lowest BCUT2D eigenvalue weighted by molar-refractivity contribution is 0.101. The third-order valence-corrected chi connectivity index (χ3v) is 7.24. The molecule has 2 atom stereocenters. The third-order valence-electron chi connectivity index (χ3n) is 3.14. The molecule has 102 valence electrons. The van der Waals surface area contributed by atoms with Gasteiger partial charge in [-0.05, 0) is 47.3 Å². The van der Waals surface area contributed by atoms with Gasteiger partial charge in [-0.3, -0.25) is 0 Å². The standard InChI is InChI=1S/C11H16BrNO3S2/c1-7-6-10(17-11(7)12)18(15,16)13-8-4-2-3-5-9(8)14/h6,8-9,13-14H,2-5H2,1H3/t8-,9-/m1/s1. The maximum atomic E-state index is 12.2. The van der Waals surface area contributed by atoms with E-state index in [-0.39, 0.29) is 6.04 Å². The van der Waals surface area contributed by atoms with Crippen molar-refractivity contribution in [1.29, 1.82) is 0 Å². The molecule has 0 unspecified atom stereocenters. The lowest BCUT2D eigenvalue weighted by Crippen LogP contribution is -2.44. The van der Waals surface area contributed by atoms with Crippen LogP contribution in [0.5, 0.6) is 0 Å². The first-order valence-corrected chi connectivity index (χ1v) is 8.96. The van der Waals surface area contributed by atoms with Crippen LogP contribution in [0, 0.1) is 6.92 Å². The third kappa shape index (κ3) is 3.14. The second kappa shape index (κ2) is 5.58. The van der Waals surface area contributed by atoms with Crippen molar-refractivity contribution < 1.29 is 13.5 Å². The monoisotopic (exact) mass is 353 g/mol. The van der Waals surface area contributed by atoms with E-state index in [1.807, 2.05) is 6.92 Å². The maximum absolute atomic E-state index is 12.2. The smallest absolute Gasteiger partial charge is 0.250 e. The van der Waals surface area contributed by atoms with E-state index in [9.17, 15) is 13.5 Å². The number of aryl methyl sites for hydroxylation is 1. The van der Waals surface area contributed by atoms with E-state index in [1.54, 1.807) is 6.07 Å². The number of hydrogen-bond donors (Lipinski definition) is 2. The Balaban J connectivity index is 2.16. The molecule has 1 aliphatic rings. The van der Waals surface area contributed by atoms with Crippen LogP contribution in [0.3, 0.4) is 0 Å². The topological polar surface area (TPSA) is 66.4 Å². The Kier molecular flexibility index (Phi) is 4.48. The van der Waals surface area contributed by atoms with Crippen molar-refractivity contribution in [2.45, 2.75) is 49.0 Å². The number of nitrogens with one attached hydrogen (secondary N) is 1. The molecule has 1 aromatic rings. The van der Waals surface area contributed by atoms with Crippen LogP contribution in [0.25, 0.3) is 0 Å². The van der Waals surface area contributed by atoms with E-state index in [0.29, 0.717) is 17.1 Å². The predicted molar refractivity (Wildman–Crippen MR) is 75.3 cm³/mol. The van der Waals surface area contributed by atoms with Crippen molar-refractivity contribution in [2.75, 3.05) is 0 Å². The van der Waals surface area contributed by atoms with Gasteiger partial charge in [-0.25, -0.2) is 13.1 Å². The first-order valence-electron chi connectivity index (χ1n) is 5.86. The minimum Gasteiger partial charge on any atom is -0.391 e. The summed E-state index contributed by atoms with van der Waals surface area (Å²) in [5, 5.41) is 9.81. The molecule has 0 bridgehead atoms. The number of rotatable bonds is 3. The van der Waals surface area contributed by atoms with Crippen LogP contribution in [-0.4, -0.2) is 25.7 Å². The average Bonchev–Trinajstić information content (AvgIpc) is 2.63. The summed E-state index contributed by atoms with van der Waals surface area (Å²) in [6.45, 7) is 1.86. The molecule has 4 nitrogen and oxygen atoms in total. The molecule has 7 heteroatoms. The highest BCUT2D eigenvalue weighted by Gasteiger charge is 2.29. The second-order valence-electron chi connectivity index (χ2n) is 4.60. The molecule has 0 aromatic carbocycles. The Labute approximate surface area is 120 Å². The number of sulfonamides is 1. The molecule has 1 fully saturated rings. The molecule has 18 heavy (non-hydrogen) atoms. The fourth-order valence-electron chi connectivity index (χ4n) is 2.07. The number of aliphatic hydroxyl groups excluding tert-OH is 1. The van der Waals surface area contributed by atoms with Crippen LogP contribution in [0.4, 0.5) is 0 Å². The number of aliphatic hydroxyl groups is 1. The normalized spacial score (nSPS) is 25.3.